The predicted octanol–water partition coefficient (Wildman–Crippen LogP) is 1.02. The zero-order valence-electron chi connectivity index (χ0n) is 11.2. The third-order valence-electron chi connectivity index (χ3n) is 4.14. The van der Waals surface area contributed by atoms with E-state index in [-0.39, 0.29) is 12.1 Å². The largest absolute Gasteiger partial charge is 0.370 e. The molecule has 0 N–H and O–H groups in total. The van der Waals surface area contributed by atoms with Gasteiger partial charge in [0, 0.05) is 32.0 Å². The minimum absolute atomic E-state index is 0.273. The van der Waals surface area contributed by atoms with E-state index in [1.165, 1.54) is 5.56 Å². The molecule has 2 aromatic heterocycles. The minimum Gasteiger partial charge on any atom is -0.370 e. The number of aromatic nitrogens is 4. The molecule has 2 aliphatic rings. The van der Waals surface area contributed by atoms with Crippen molar-refractivity contribution in [1.29, 1.82) is 0 Å². The molecule has 0 aromatic carbocycles. The molecule has 0 aliphatic carbocycles. The van der Waals surface area contributed by atoms with Gasteiger partial charge in [-0.25, -0.2) is 4.68 Å². The molecular weight excluding hydrogens is 254 g/mol. The number of hydrogen-bond acceptors (Lipinski definition) is 5. The van der Waals surface area contributed by atoms with Crippen molar-refractivity contribution in [1.82, 2.24) is 24.9 Å². The lowest BCUT2D eigenvalue weighted by atomic mass is 10.00. The first kappa shape index (κ1) is 12.0. The molecule has 1 fully saturated rings. The molecule has 4 heterocycles. The van der Waals surface area contributed by atoms with Crippen LogP contribution in [0.25, 0.3) is 0 Å². The molecule has 2 aliphatic heterocycles. The van der Waals surface area contributed by atoms with Gasteiger partial charge in [-0.05, 0) is 18.1 Å². The van der Waals surface area contributed by atoms with Gasteiger partial charge in [0.25, 0.3) is 0 Å². The number of hydrogen-bond donors (Lipinski definition) is 0. The summed E-state index contributed by atoms with van der Waals surface area (Å²) in [5, 5.41) is 8.24. The lowest BCUT2D eigenvalue weighted by Gasteiger charge is -2.41. The zero-order valence-corrected chi connectivity index (χ0v) is 11.2. The lowest BCUT2D eigenvalue weighted by Crippen LogP contribution is -2.47. The Hall–Kier alpha value is -1.79. The Bertz CT molecular complexity index is 584. The van der Waals surface area contributed by atoms with Gasteiger partial charge in [-0.3, -0.25) is 9.88 Å². The maximum Gasteiger partial charge on any atom is 0.0930 e. The molecule has 4 rings (SSSR count). The van der Waals surface area contributed by atoms with Gasteiger partial charge in [-0.1, -0.05) is 11.3 Å². The zero-order chi connectivity index (χ0) is 13.4. The van der Waals surface area contributed by atoms with E-state index in [1.54, 1.807) is 6.20 Å². The normalized spacial score (nSPS) is 26.0. The molecule has 0 amide bonds. The summed E-state index contributed by atoms with van der Waals surface area (Å²) in [7, 11) is 0. The van der Waals surface area contributed by atoms with Crippen molar-refractivity contribution in [3.63, 3.8) is 0 Å². The number of piperidine rings is 1. The molecule has 1 saturated heterocycles. The van der Waals surface area contributed by atoms with E-state index in [0.29, 0.717) is 6.61 Å². The fraction of sp³-hybridized carbons (Fsp3) is 0.500. The summed E-state index contributed by atoms with van der Waals surface area (Å²) in [5.41, 5.74) is 2.33. The summed E-state index contributed by atoms with van der Waals surface area (Å²) in [6.07, 6.45) is 6.87. The van der Waals surface area contributed by atoms with E-state index in [4.69, 9.17) is 4.74 Å². The predicted molar refractivity (Wildman–Crippen MR) is 71.8 cm³/mol. The first-order valence-electron chi connectivity index (χ1n) is 7.02. The van der Waals surface area contributed by atoms with Crippen LogP contribution in [0.5, 0.6) is 0 Å². The lowest BCUT2D eigenvalue weighted by molar-refractivity contribution is -0.0669. The first-order valence-corrected chi connectivity index (χ1v) is 7.02. The Labute approximate surface area is 117 Å². The second-order valence-corrected chi connectivity index (χ2v) is 5.47. The molecular formula is C14H17N5O. The second-order valence-electron chi connectivity index (χ2n) is 5.47. The fourth-order valence-electron chi connectivity index (χ4n) is 3.14. The Morgan fingerprint density at radius 1 is 1.35 bits per heavy atom. The third-order valence-corrected chi connectivity index (χ3v) is 4.14. The van der Waals surface area contributed by atoms with Gasteiger partial charge >= 0.3 is 0 Å². The number of likely N-dealkylation sites (tertiary alicyclic amines) is 1. The van der Waals surface area contributed by atoms with Crippen LogP contribution in [0.2, 0.25) is 0 Å². The summed E-state index contributed by atoms with van der Waals surface area (Å²) in [6, 6.07) is 4.39. The highest BCUT2D eigenvalue weighted by Crippen LogP contribution is 2.30. The average molecular weight is 271 g/mol. The van der Waals surface area contributed by atoms with Crippen molar-refractivity contribution >= 4 is 0 Å². The minimum atomic E-state index is 0.273. The van der Waals surface area contributed by atoms with Crippen LogP contribution in [-0.4, -0.2) is 44.1 Å². The van der Waals surface area contributed by atoms with Crippen LogP contribution in [0, 0.1) is 0 Å². The molecule has 0 unspecified atom stereocenters. The van der Waals surface area contributed by atoms with Crippen LogP contribution in [0.1, 0.15) is 23.7 Å². The summed E-state index contributed by atoms with van der Waals surface area (Å²) in [5.74, 6) is 0. The van der Waals surface area contributed by atoms with Crippen molar-refractivity contribution in [3.05, 3.63) is 42.0 Å². The van der Waals surface area contributed by atoms with Crippen molar-refractivity contribution in [2.45, 2.75) is 31.7 Å². The van der Waals surface area contributed by atoms with Gasteiger partial charge in [-0.2, -0.15) is 0 Å². The second kappa shape index (κ2) is 4.96. The van der Waals surface area contributed by atoms with Crippen LogP contribution in [-0.2, 0) is 17.9 Å². The fourth-order valence-corrected chi connectivity index (χ4v) is 3.14. The smallest absolute Gasteiger partial charge is 0.0930 e. The average Bonchev–Trinajstić information content (AvgIpc) is 2.97. The molecule has 0 bridgehead atoms. The van der Waals surface area contributed by atoms with Crippen LogP contribution in [0.3, 0.4) is 0 Å². The number of rotatable bonds is 2. The summed E-state index contributed by atoms with van der Waals surface area (Å²) >= 11 is 0. The van der Waals surface area contributed by atoms with E-state index >= 15 is 0 Å². The van der Waals surface area contributed by atoms with E-state index < -0.39 is 0 Å². The molecule has 6 heteroatoms. The topological polar surface area (TPSA) is 56.1 Å². The molecule has 6 nitrogen and oxygen atoms in total. The summed E-state index contributed by atoms with van der Waals surface area (Å²) in [6.45, 7) is 3.58. The van der Waals surface area contributed by atoms with Crippen molar-refractivity contribution < 1.29 is 4.74 Å². The third kappa shape index (κ3) is 2.10. The van der Waals surface area contributed by atoms with Gasteiger partial charge in [0.15, 0.2) is 0 Å². The van der Waals surface area contributed by atoms with Crippen molar-refractivity contribution in [2.24, 2.45) is 0 Å². The van der Waals surface area contributed by atoms with Gasteiger partial charge in [0.05, 0.1) is 30.6 Å². The number of nitrogens with zero attached hydrogens (tertiary/aromatic N) is 5. The van der Waals surface area contributed by atoms with Crippen molar-refractivity contribution in [3.8, 4) is 0 Å². The number of ether oxygens (including phenoxy) is 1. The quantitative estimate of drug-likeness (QED) is 0.816. The Kier molecular flexibility index (Phi) is 2.97. The highest BCUT2D eigenvalue weighted by molar-refractivity contribution is 5.09. The maximum atomic E-state index is 5.93. The van der Waals surface area contributed by atoms with E-state index in [1.807, 2.05) is 23.1 Å². The molecule has 0 spiro atoms. The summed E-state index contributed by atoms with van der Waals surface area (Å²) in [4.78, 5) is 6.62. The van der Waals surface area contributed by atoms with E-state index in [9.17, 15) is 0 Å². The molecule has 0 saturated carbocycles. The molecule has 0 radical (unpaired) electrons. The van der Waals surface area contributed by atoms with Crippen molar-refractivity contribution in [2.75, 3.05) is 13.1 Å². The highest BCUT2D eigenvalue weighted by Gasteiger charge is 2.36. The van der Waals surface area contributed by atoms with Gasteiger partial charge in [-0.15, -0.1) is 5.10 Å². The van der Waals surface area contributed by atoms with Gasteiger partial charge in [0.1, 0.15) is 0 Å². The Balaban J connectivity index is 1.51. The Morgan fingerprint density at radius 3 is 3.25 bits per heavy atom. The van der Waals surface area contributed by atoms with Crippen LogP contribution >= 0.6 is 0 Å². The Morgan fingerprint density at radius 2 is 2.35 bits per heavy atom. The summed E-state index contributed by atoms with van der Waals surface area (Å²) < 4.78 is 7.97. The molecule has 2 atom stereocenters. The highest BCUT2D eigenvalue weighted by atomic mass is 16.5. The van der Waals surface area contributed by atoms with Gasteiger partial charge in [0.2, 0.25) is 0 Å². The monoisotopic (exact) mass is 271 g/mol. The van der Waals surface area contributed by atoms with Crippen LogP contribution < -0.4 is 0 Å². The van der Waals surface area contributed by atoms with Gasteiger partial charge < -0.3 is 4.74 Å². The number of pyridine rings is 1. The first-order chi connectivity index (χ1) is 9.90. The van der Waals surface area contributed by atoms with E-state index in [0.717, 1.165) is 31.7 Å². The SMILES string of the molecule is c1cncc(CN2CC[C@H]3OCc4cnnn4[C@@H]3C2)c1. The standard InChI is InChI=1S/C14H17N5O/c1-2-11(6-15-4-1)8-18-5-3-14-13(9-18)19-12(10-20-14)7-16-17-19/h1-2,4,6-7,13-14H,3,5,8-10H2/t13-,14-/m1/s1. The van der Waals surface area contributed by atoms with E-state index in [2.05, 4.69) is 26.3 Å². The molecule has 104 valence electrons. The molecule has 2 aromatic rings. The maximum absolute atomic E-state index is 5.93. The number of fused-ring (bicyclic) bond motifs is 3. The molecule has 20 heavy (non-hydrogen) atoms. The van der Waals surface area contributed by atoms with Crippen LogP contribution in [0.15, 0.2) is 30.7 Å². The van der Waals surface area contributed by atoms with Crippen LogP contribution in [0.4, 0.5) is 0 Å².